The molecule has 0 aliphatic carbocycles. The summed E-state index contributed by atoms with van der Waals surface area (Å²) < 4.78 is 5.62. The molecule has 3 nitrogen and oxygen atoms in total. The van der Waals surface area contributed by atoms with Gasteiger partial charge >= 0.3 is 6.09 Å². The number of ether oxygens (including phenoxy) is 1. The third-order valence-electron chi connectivity index (χ3n) is 3.86. The van der Waals surface area contributed by atoms with E-state index in [0.717, 1.165) is 22.3 Å². The molecule has 0 saturated heterocycles. The molecule has 0 unspecified atom stereocenters. The molecule has 0 N–H and O–H groups in total. The number of hydrogen-bond donors (Lipinski definition) is 0. The number of benzene rings is 2. The summed E-state index contributed by atoms with van der Waals surface area (Å²) >= 11 is 0. The minimum absolute atomic E-state index is 0.346. The van der Waals surface area contributed by atoms with Crippen LogP contribution in [0.15, 0.2) is 42.6 Å². The van der Waals surface area contributed by atoms with Gasteiger partial charge in [-0.1, -0.05) is 42.0 Å². The Balaban J connectivity index is 1.80. The average molecular weight is 293 g/mol. The lowest BCUT2D eigenvalue weighted by atomic mass is 10.0. The van der Waals surface area contributed by atoms with Crippen LogP contribution in [0.4, 0.5) is 4.79 Å². The SMILES string of the molecule is Cc1cc(C)c(OC(=O)N2C=Cc3ccccc3C2)c(C)c1. The maximum Gasteiger partial charge on any atom is 0.419 e. The van der Waals surface area contributed by atoms with Crippen LogP contribution in [0.25, 0.3) is 6.08 Å². The van der Waals surface area contributed by atoms with Crippen molar-refractivity contribution in [2.45, 2.75) is 27.3 Å². The van der Waals surface area contributed by atoms with E-state index in [2.05, 4.69) is 0 Å². The van der Waals surface area contributed by atoms with Crippen molar-refractivity contribution in [1.29, 1.82) is 0 Å². The van der Waals surface area contributed by atoms with Gasteiger partial charge in [0, 0.05) is 6.20 Å². The number of carbonyl (C=O) groups is 1. The van der Waals surface area contributed by atoms with Crippen molar-refractivity contribution < 1.29 is 9.53 Å². The normalized spacial score (nSPS) is 13.0. The predicted octanol–water partition coefficient (Wildman–Crippen LogP) is 4.60. The molecule has 22 heavy (non-hydrogen) atoms. The fourth-order valence-electron chi connectivity index (χ4n) is 2.85. The van der Waals surface area contributed by atoms with Gasteiger partial charge in [0.1, 0.15) is 5.75 Å². The molecule has 0 atom stereocenters. The van der Waals surface area contributed by atoms with Crippen molar-refractivity contribution in [3.05, 3.63) is 70.4 Å². The summed E-state index contributed by atoms with van der Waals surface area (Å²) in [7, 11) is 0. The van der Waals surface area contributed by atoms with Gasteiger partial charge in [-0.25, -0.2) is 4.79 Å². The smallest absolute Gasteiger partial charge is 0.409 e. The van der Waals surface area contributed by atoms with E-state index >= 15 is 0 Å². The number of aryl methyl sites for hydroxylation is 3. The van der Waals surface area contributed by atoms with Crippen LogP contribution in [0.2, 0.25) is 0 Å². The molecular formula is C19H19NO2. The Labute approximate surface area is 130 Å². The third-order valence-corrected chi connectivity index (χ3v) is 3.86. The van der Waals surface area contributed by atoms with Gasteiger partial charge in [-0.2, -0.15) is 0 Å². The summed E-state index contributed by atoms with van der Waals surface area (Å²) in [6, 6.07) is 12.1. The maximum atomic E-state index is 12.4. The standard InChI is InChI=1S/C19H19NO2/c1-13-10-14(2)18(15(3)11-13)22-19(21)20-9-8-16-6-4-5-7-17(16)12-20/h4-11H,12H2,1-3H3. The van der Waals surface area contributed by atoms with Crippen molar-refractivity contribution in [1.82, 2.24) is 4.90 Å². The molecule has 0 radical (unpaired) electrons. The molecule has 3 heteroatoms. The first kappa shape index (κ1) is 14.4. The monoisotopic (exact) mass is 293 g/mol. The Morgan fingerprint density at radius 2 is 1.77 bits per heavy atom. The Morgan fingerprint density at radius 3 is 2.50 bits per heavy atom. The number of amides is 1. The van der Waals surface area contributed by atoms with Gasteiger partial charge in [-0.15, -0.1) is 0 Å². The Bertz CT molecular complexity index is 739. The van der Waals surface area contributed by atoms with E-state index in [-0.39, 0.29) is 6.09 Å². The molecule has 112 valence electrons. The molecule has 0 saturated carbocycles. The molecular weight excluding hydrogens is 274 g/mol. The van der Waals surface area contributed by atoms with Gasteiger partial charge < -0.3 is 4.74 Å². The first-order chi connectivity index (χ1) is 10.5. The summed E-state index contributed by atoms with van der Waals surface area (Å²) in [4.78, 5) is 14.0. The second kappa shape index (κ2) is 5.68. The second-order valence-corrected chi connectivity index (χ2v) is 5.74. The lowest BCUT2D eigenvalue weighted by Crippen LogP contribution is -2.30. The van der Waals surface area contributed by atoms with Gasteiger partial charge in [0.25, 0.3) is 0 Å². The van der Waals surface area contributed by atoms with Gasteiger partial charge in [-0.05, 0) is 49.1 Å². The predicted molar refractivity (Wildman–Crippen MR) is 87.7 cm³/mol. The number of fused-ring (bicyclic) bond motifs is 1. The summed E-state index contributed by atoms with van der Waals surface area (Å²) in [6.07, 6.45) is 3.37. The van der Waals surface area contributed by atoms with Crippen LogP contribution in [-0.2, 0) is 6.54 Å². The van der Waals surface area contributed by atoms with Crippen LogP contribution in [0.5, 0.6) is 5.75 Å². The lowest BCUT2D eigenvalue weighted by Gasteiger charge is -2.23. The molecule has 1 aliphatic rings. The van der Waals surface area contributed by atoms with Crippen LogP contribution in [0.1, 0.15) is 27.8 Å². The number of hydrogen-bond acceptors (Lipinski definition) is 2. The van der Waals surface area contributed by atoms with Crippen LogP contribution in [0, 0.1) is 20.8 Å². The molecule has 2 aromatic rings. The highest BCUT2D eigenvalue weighted by Gasteiger charge is 2.19. The first-order valence-corrected chi connectivity index (χ1v) is 7.37. The van der Waals surface area contributed by atoms with Crippen molar-refractivity contribution in [2.24, 2.45) is 0 Å². The second-order valence-electron chi connectivity index (χ2n) is 5.74. The zero-order valence-electron chi connectivity index (χ0n) is 13.1. The Hall–Kier alpha value is -2.55. The average Bonchev–Trinajstić information content (AvgIpc) is 2.50. The zero-order chi connectivity index (χ0) is 15.7. The lowest BCUT2D eigenvalue weighted by molar-refractivity contribution is 0.167. The number of rotatable bonds is 1. The van der Waals surface area contributed by atoms with Gasteiger partial charge in [-0.3, -0.25) is 4.90 Å². The van der Waals surface area contributed by atoms with Crippen molar-refractivity contribution in [3.8, 4) is 5.75 Å². The van der Waals surface area contributed by atoms with Gasteiger partial charge in [0.15, 0.2) is 0 Å². The van der Waals surface area contributed by atoms with E-state index < -0.39 is 0 Å². The molecule has 0 spiro atoms. The Kier molecular flexibility index (Phi) is 3.72. The van der Waals surface area contributed by atoms with Gasteiger partial charge in [0.2, 0.25) is 0 Å². The fraction of sp³-hybridized carbons (Fsp3) is 0.211. The summed E-state index contributed by atoms with van der Waals surface area (Å²) in [6.45, 7) is 6.50. The minimum atomic E-state index is -0.346. The highest BCUT2D eigenvalue weighted by molar-refractivity contribution is 5.75. The fourth-order valence-corrected chi connectivity index (χ4v) is 2.85. The molecule has 0 fully saturated rings. The minimum Gasteiger partial charge on any atom is -0.409 e. The third kappa shape index (κ3) is 2.75. The van der Waals surface area contributed by atoms with E-state index in [4.69, 9.17) is 4.74 Å². The van der Waals surface area contributed by atoms with Crippen molar-refractivity contribution in [3.63, 3.8) is 0 Å². The zero-order valence-corrected chi connectivity index (χ0v) is 13.1. The summed E-state index contributed by atoms with van der Waals surface area (Å²) in [5.41, 5.74) is 5.40. The molecule has 0 aromatic heterocycles. The summed E-state index contributed by atoms with van der Waals surface area (Å²) in [5.74, 6) is 0.655. The van der Waals surface area contributed by atoms with Crippen molar-refractivity contribution >= 4 is 12.2 Å². The van der Waals surface area contributed by atoms with Crippen LogP contribution in [-0.4, -0.2) is 11.0 Å². The molecule has 1 amide bonds. The quantitative estimate of drug-likeness (QED) is 0.769. The summed E-state index contributed by atoms with van der Waals surface area (Å²) in [5, 5.41) is 0. The number of carbonyl (C=O) groups excluding carboxylic acids is 1. The van der Waals surface area contributed by atoms with E-state index in [0.29, 0.717) is 12.3 Å². The van der Waals surface area contributed by atoms with Crippen molar-refractivity contribution in [2.75, 3.05) is 0 Å². The highest BCUT2D eigenvalue weighted by atomic mass is 16.6. The van der Waals surface area contributed by atoms with Crippen LogP contribution in [0.3, 0.4) is 0 Å². The van der Waals surface area contributed by atoms with Crippen LogP contribution >= 0.6 is 0 Å². The molecule has 3 rings (SSSR count). The first-order valence-electron chi connectivity index (χ1n) is 7.37. The largest absolute Gasteiger partial charge is 0.419 e. The molecule has 2 aromatic carbocycles. The van der Waals surface area contributed by atoms with Gasteiger partial charge in [0.05, 0.1) is 6.54 Å². The topological polar surface area (TPSA) is 29.5 Å². The molecule has 1 aliphatic heterocycles. The molecule has 0 bridgehead atoms. The highest BCUT2D eigenvalue weighted by Crippen LogP contribution is 2.26. The van der Waals surface area contributed by atoms with E-state index in [1.165, 1.54) is 5.56 Å². The Morgan fingerprint density at radius 1 is 1.09 bits per heavy atom. The van der Waals surface area contributed by atoms with E-state index in [9.17, 15) is 4.79 Å². The van der Waals surface area contributed by atoms with E-state index in [1.807, 2.05) is 63.2 Å². The van der Waals surface area contributed by atoms with E-state index in [1.54, 1.807) is 11.1 Å². The molecule has 1 heterocycles. The maximum absolute atomic E-state index is 12.4. The number of nitrogens with zero attached hydrogens (tertiary/aromatic N) is 1. The van der Waals surface area contributed by atoms with Crippen LogP contribution < -0.4 is 4.74 Å².